The minimum atomic E-state index is -0.522. The molecule has 0 bridgehead atoms. The number of hydrogen-bond donors (Lipinski definition) is 2. The van der Waals surface area contributed by atoms with E-state index >= 15 is 0 Å². The Morgan fingerprint density at radius 3 is 2.62 bits per heavy atom. The first-order chi connectivity index (χ1) is 10.1. The van der Waals surface area contributed by atoms with Crippen LogP contribution in [-0.2, 0) is 0 Å². The summed E-state index contributed by atoms with van der Waals surface area (Å²) in [5, 5.41) is 13.1. The second kappa shape index (κ2) is 7.07. The number of carbonyl (C=O) groups is 1. The molecule has 0 heterocycles. The first kappa shape index (κ1) is 15.3. The summed E-state index contributed by atoms with van der Waals surface area (Å²) in [6.07, 6.45) is 2.52. The number of anilines is 1. The molecule has 0 fully saturated rings. The average Bonchev–Trinajstić information content (AvgIpc) is 2.48. The predicted molar refractivity (Wildman–Crippen MR) is 85.6 cm³/mol. The van der Waals surface area contributed by atoms with Gasteiger partial charge in [0.05, 0.1) is 6.10 Å². The SMILES string of the molecule is CC(O)c1cccc(NC=CC(=O)c2ccc(Cl)cc2)c1. The van der Waals surface area contributed by atoms with E-state index in [9.17, 15) is 9.90 Å². The number of rotatable bonds is 5. The lowest BCUT2D eigenvalue weighted by Gasteiger charge is -2.07. The summed E-state index contributed by atoms with van der Waals surface area (Å²) in [5.41, 5.74) is 2.21. The van der Waals surface area contributed by atoms with Crippen molar-refractivity contribution >= 4 is 23.1 Å². The average molecular weight is 302 g/mol. The fourth-order valence-corrected chi connectivity index (χ4v) is 1.94. The van der Waals surface area contributed by atoms with Crippen LogP contribution in [0.1, 0.15) is 28.9 Å². The molecule has 0 radical (unpaired) electrons. The monoisotopic (exact) mass is 301 g/mol. The Morgan fingerprint density at radius 1 is 1.24 bits per heavy atom. The van der Waals surface area contributed by atoms with E-state index in [0.29, 0.717) is 10.6 Å². The fraction of sp³-hybridized carbons (Fsp3) is 0.118. The van der Waals surface area contributed by atoms with E-state index in [2.05, 4.69) is 5.32 Å². The lowest BCUT2D eigenvalue weighted by molar-refractivity contribution is 0.104. The zero-order valence-corrected chi connectivity index (χ0v) is 12.3. The van der Waals surface area contributed by atoms with Crippen molar-refractivity contribution in [3.8, 4) is 0 Å². The molecule has 21 heavy (non-hydrogen) atoms. The molecule has 2 rings (SSSR count). The molecule has 2 N–H and O–H groups in total. The molecule has 0 aliphatic rings. The molecule has 1 atom stereocenters. The number of carbonyl (C=O) groups excluding carboxylic acids is 1. The maximum atomic E-state index is 11.9. The van der Waals surface area contributed by atoms with Crippen LogP contribution in [0, 0.1) is 0 Å². The smallest absolute Gasteiger partial charge is 0.187 e. The topological polar surface area (TPSA) is 49.3 Å². The molecule has 3 nitrogen and oxygen atoms in total. The molecular weight excluding hydrogens is 286 g/mol. The lowest BCUT2D eigenvalue weighted by Crippen LogP contribution is -1.97. The Balaban J connectivity index is 2.00. The van der Waals surface area contributed by atoms with Crippen molar-refractivity contribution in [3.05, 3.63) is 77.0 Å². The summed E-state index contributed by atoms with van der Waals surface area (Å²) in [6, 6.07) is 14.1. The summed E-state index contributed by atoms with van der Waals surface area (Å²) < 4.78 is 0. The zero-order valence-electron chi connectivity index (χ0n) is 11.6. The first-order valence-corrected chi connectivity index (χ1v) is 6.95. The number of aliphatic hydroxyl groups excluding tert-OH is 1. The Hall–Kier alpha value is -2.10. The third-order valence-electron chi connectivity index (χ3n) is 2.98. The molecule has 0 aliphatic carbocycles. The molecule has 1 unspecified atom stereocenters. The molecule has 0 saturated carbocycles. The lowest BCUT2D eigenvalue weighted by atomic mass is 10.1. The number of nitrogens with one attached hydrogen (secondary N) is 1. The Bertz CT molecular complexity index is 648. The minimum Gasteiger partial charge on any atom is -0.389 e. The van der Waals surface area contributed by atoms with E-state index in [1.54, 1.807) is 37.4 Å². The molecule has 0 aliphatic heterocycles. The van der Waals surface area contributed by atoms with Gasteiger partial charge in [-0.1, -0.05) is 23.7 Å². The largest absolute Gasteiger partial charge is 0.389 e. The number of aliphatic hydroxyl groups is 1. The fourth-order valence-electron chi connectivity index (χ4n) is 1.81. The number of allylic oxidation sites excluding steroid dienone is 1. The van der Waals surface area contributed by atoms with Gasteiger partial charge in [0.1, 0.15) is 0 Å². The molecule has 0 spiro atoms. The van der Waals surface area contributed by atoms with Gasteiger partial charge in [-0.2, -0.15) is 0 Å². The predicted octanol–water partition coefficient (Wildman–Crippen LogP) is 4.20. The highest BCUT2D eigenvalue weighted by Gasteiger charge is 2.02. The van der Waals surface area contributed by atoms with Gasteiger partial charge in [-0.05, 0) is 48.9 Å². The highest BCUT2D eigenvalue weighted by atomic mass is 35.5. The second-order valence-corrected chi connectivity index (χ2v) is 5.09. The summed E-state index contributed by atoms with van der Waals surface area (Å²) in [4.78, 5) is 11.9. The van der Waals surface area contributed by atoms with Gasteiger partial charge in [-0.15, -0.1) is 0 Å². The number of ketones is 1. The number of benzene rings is 2. The van der Waals surface area contributed by atoms with Gasteiger partial charge in [-0.25, -0.2) is 0 Å². The molecular formula is C17H16ClNO2. The second-order valence-electron chi connectivity index (χ2n) is 4.65. The number of halogens is 1. The van der Waals surface area contributed by atoms with E-state index in [1.165, 1.54) is 6.08 Å². The van der Waals surface area contributed by atoms with Gasteiger partial charge >= 0.3 is 0 Å². The van der Waals surface area contributed by atoms with Crippen LogP contribution in [0.4, 0.5) is 5.69 Å². The molecule has 108 valence electrons. The van der Waals surface area contributed by atoms with Gasteiger partial charge in [0.2, 0.25) is 0 Å². The molecule has 4 heteroatoms. The van der Waals surface area contributed by atoms with Crippen LogP contribution < -0.4 is 5.32 Å². The quantitative estimate of drug-likeness (QED) is 0.643. The first-order valence-electron chi connectivity index (χ1n) is 6.57. The summed E-state index contributed by atoms with van der Waals surface area (Å²) in [7, 11) is 0. The van der Waals surface area contributed by atoms with Crippen LogP contribution in [0.2, 0.25) is 5.02 Å². The third kappa shape index (κ3) is 4.45. The van der Waals surface area contributed by atoms with E-state index in [1.807, 2.05) is 24.3 Å². The summed E-state index contributed by atoms with van der Waals surface area (Å²) in [6.45, 7) is 1.71. The Morgan fingerprint density at radius 2 is 1.95 bits per heavy atom. The molecule has 0 aromatic heterocycles. The van der Waals surface area contributed by atoms with Crippen LogP contribution >= 0.6 is 11.6 Å². The molecule has 0 saturated heterocycles. The highest BCUT2D eigenvalue weighted by molar-refractivity contribution is 6.30. The van der Waals surface area contributed by atoms with E-state index < -0.39 is 6.10 Å². The van der Waals surface area contributed by atoms with Crippen molar-refractivity contribution in [2.75, 3.05) is 5.32 Å². The molecule has 0 amide bonds. The maximum Gasteiger partial charge on any atom is 0.187 e. The van der Waals surface area contributed by atoms with Crippen LogP contribution in [0.5, 0.6) is 0 Å². The minimum absolute atomic E-state index is 0.106. The van der Waals surface area contributed by atoms with Crippen molar-refractivity contribution in [1.82, 2.24) is 0 Å². The summed E-state index contributed by atoms with van der Waals surface area (Å²) in [5.74, 6) is -0.106. The van der Waals surface area contributed by atoms with Crippen LogP contribution in [0.25, 0.3) is 0 Å². The van der Waals surface area contributed by atoms with Crippen LogP contribution in [-0.4, -0.2) is 10.9 Å². The van der Waals surface area contributed by atoms with E-state index in [-0.39, 0.29) is 5.78 Å². The van der Waals surface area contributed by atoms with Crippen molar-refractivity contribution in [3.63, 3.8) is 0 Å². The third-order valence-corrected chi connectivity index (χ3v) is 3.23. The van der Waals surface area contributed by atoms with E-state index in [4.69, 9.17) is 11.6 Å². The summed E-state index contributed by atoms with van der Waals surface area (Å²) >= 11 is 5.78. The standard InChI is InChI=1S/C17H16ClNO2/c1-12(20)14-3-2-4-16(11-14)19-10-9-17(21)13-5-7-15(18)8-6-13/h2-12,19-20H,1H3. The Labute approximate surface area is 128 Å². The van der Waals surface area contributed by atoms with Crippen molar-refractivity contribution in [2.45, 2.75) is 13.0 Å². The molecule has 2 aromatic carbocycles. The Kier molecular flexibility index (Phi) is 5.14. The zero-order chi connectivity index (χ0) is 15.2. The van der Waals surface area contributed by atoms with Gasteiger partial charge in [-0.3, -0.25) is 4.79 Å². The van der Waals surface area contributed by atoms with Crippen molar-refractivity contribution in [1.29, 1.82) is 0 Å². The van der Waals surface area contributed by atoms with Crippen LogP contribution in [0.3, 0.4) is 0 Å². The van der Waals surface area contributed by atoms with Gasteiger partial charge in [0.25, 0.3) is 0 Å². The highest BCUT2D eigenvalue weighted by Crippen LogP contribution is 2.17. The van der Waals surface area contributed by atoms with Gasteiger partial charge in [0, 0.05) is 28.5 Å². The number of hydrogen-bond acceptors (Lipinski definition) is 3. The van der Waals surface area contributed by atoms with Gasteiger partial charge < -0.3 is 10.4 Å². The van der Waals surface area contributed by atoms with E-state index in [0.717, 1.165) is 11.3 Å². The van der Waals surface area contributed by atoms with Gasteiger partial charge in [0.15, 0.2) is 5.78 Å². The van der Waals surface area contributed by atoms with Crippen molar-refractivity contribution in [2.24, 2.45) is 0 Å². The molecule has 2 aromatic rings. The van der Waals surface area contributed by atoms with Crippen molar-refractivity contribution < 1.29 is 9.90 Å². The normalized spacial score (nSPS) is 12.3. The maximum absolute atomic E-state index is 11.9. The van der Waals surface area contributed by atoms with Crippen LogP contribution in [0.15, 0.2) is 60.8 Å².